The molecule has 1 saturated heterocycles. The first-order valence-corrected chi connectivity index (χ1v) is 9.82. The van der Waals surface area contributed by atoms with Gasteiger partial charge in [0.2, 0.25) is 10.0 Å². The van der Waals surface area contributed by atoms with Crippen molar-refractivity contribution in [2.75, 3.05) is 13.1 Å². The Labute approximate surface area is 138 Å². The third-order valence-corrected chi connectivity index (χ3v) is 7.73. The minimum absolute atomic E-state index is 0.148. The van der Waals surface area contributed by atoms with Crippen molar-refractivity contribution >= 4 is 41.9 Å². The van der Waals surface area contributed by atoms with E-state index < -0.39 is 10.0 Å². The summed E-state index contributed by atoms with van der Waals surface area (Å²) in [5.74, 6) is 0. The summed E-state index contributed by atoms with van der Waals surface area (Å²) in [5.41, 5.74) is 0.148. The largest absolute Gasteiger partial charge is 0.244 e. The van der Waals surface area contributed by atoms with Gasteiger partial charge in [0.05, 0.1) is 4.90 Å². The molecule has 0 aromatic heterocycles. The molecule has 20 heavy (non-hydrogen) atoms. The van der Waals surface area contributed by atoms with E-state index in [1.165, 1.54) is 0 Å². The molecule has 1 fully saturated rings. The van der Waals surface area contributed by atoms with Gasteiger partial charge in [-0.3, -0.25) is 0 Å². The van der Waals surface area contributed by atoms with E-state index in [1.807, 2.05) is 0 Å². The molecule has 1 heterocycles. The van der Waals surface area contributed by atoms with Gasteiger partial charge in [0.1, 0.15) is 0 Å². The fourth-order valence-electron chi connectivity index (χ4n) is 2.75. The SMILES string of the molecule is CCC1(CC)CCN(S(=O)(=O)c2ccc(Br)cc2Br)C1. The molecule has 0 amide bonds. The Bertz CT molecular complexity index is 597. The number of nitrogens with zero attached hydrogens (tertiary/aromatic N) is 1. The number of rotatable bonds is 4. The molecule has 112 valence electrons. The minimum atomic E-state index is -3.41. The van der Waals surface area contributed by atoms with E-state index in [9.17, 15) is 8.42 Å². The molecule has 3 nitrogen and oxygen atoms in total. The van der Waals surface area contributed by atoms with Crippen LogP contribution < -0.4 is 0 Å². The second-order valence-corrected chi connectivity index (χ2v) is 9.05. The van der Waals surface area contributed by atoms with E-state index >= 15 is 0 Å². The molecule has 0 aliphatic carbocycles. The quantitative estimate of drug-likeness (QED) is 0.717. The standard InChI is InChI=1S/C14H19Br2NO2S/c1-3-14(4-2)7-8-17(10-14)20(18,19)13-6-5-11(15)9-12(13)16/h5-6,9H,3-4,7-8,10H2,1-2H3. The lowest BCUT2D eigenvalue weighted by molar-refractivity contribution is 0.279. The number of sulfonamides is 1. The van der Waals surface area contributed by atoms with Crippen molar-refractivity contribution in [1.82, 2.24) is 4.31 Å². The summed E-state index contributed by atoms with van der Waals surface area (Å²) in [5, 5.41) is 0. The van der Waals surface area contributed by atoms with Crippen LogP contribution in [-0.4, -0.2) is 25.8 Å². The monoisotopic (exact) mass is 423 g/mol. The van der Waals surface area contributed by atoms with Crippen LogP contribution in [0.2, 0.25) is 0 Å². The van der Waals surface area contributed by atoms with E-state index in [0.717, 1.165) is 23.7 Å². The first-order valence-electron chi connectivity index (χ1n) is 6.80. The van der Waals surface area contributed by atoms with Crippen molar-refractivity contribution in [1.29, 1.82) is 0 Å². The van der Waals surface area contributed by atoms with Crippen LogP contribution >= 0.6 is 31.9 Å². The van der Waals surface area contributed by atoms with Crippen LogP contribution in [0.25, 0.3) is 0 Å². The molecule has 0 N–H and O–H groups in total. The predicted octanol–water partition coefficient (Wildman–Crippen LogP) is 4.41. The van der Waals surface area contributed by atoms with Crippen LogP contribution in [0.15, 0.2) is 32.0 Å². The van der Waals surface area contributed by atoms with Crippen LogP contribution in [-0.2, 0) is 10.0 Å². The molecule has 0 atom stereocenters. The maximum absolute atomic E-state index is 12.8. The molecule has 0 radical (unpaired) electrons. The lowest BCUT2D eigenvalue weighted by Crippen LogP contribution is -2.32. The van der Waals surface area contributed by atoms with Gasteiger partial charge in [-0.25, -0.2) is 8.42 Å². The minimum Gasteiger partial charge on any atom is -0.207 e. The summed E-state index contributed by atoms with van der Waals surface area (Å²) < 4.78 is 28.6. The second-order valence-electron chi connectivity index (χ2n) is 5.37. The molecule has 1 aromatic rings. The molecule has 1 aliphatic heterocycles. The van der Waals surface area contributed by atoms with Gasteiger partial charge in [0.15, 0.2) is 0 Å². The van der Waals surface area contributed by atoms with Crippen LogP contribution in [0.4, 0.5) is 0 Å². The van der Waals surface area contributed by atoms with Crippen molar-refractivity contribution in [2.45, 2.75) is 38.0 Å². The van der Waals surface area contributed by atoms with Crippen molar-refractivity contribution in [3.8, 4) is 0 Å². The first kappa shape index (κ1) is 16.5. The normalized spacial score (nSPS) is 19.4. The zero-order valence-electron chi connectivity index (χ0n) is 11.7. The van der Waals surface area contributed by atoms with Gasteiger partial charge in [-0.15, -0.1) is 0 Å². The van der Waals surface area contributed by atoms with E-state index in [4.69, 9.17) is 0 Å². The number of hydrogen-bond donors (Lipinski definition) is 0. The molecule has 1 aliphatic rings. The Kier molecular flexibility index (Phi) is 4.99. The summed E-state index contributed by atoms with van der Waals surface area (Å²) in [7, 11) is -3.41. The molecule has 0 bridgehead atoms. The molecule has 0 unspecified atom stereocenters. The Hall–Kier alpha value is 0.0900. The fourth-order valence-corrected chi connectivity index (χ4v) is 6.01. The van der Waals surface area contributed by atoms with Gasteiger partial charge >= 0.3 is 0 Å². The third kappa shape index (κ3) is 2.98. The lowest BCUT2D eigenvalue weighted by atomic mass is 9.82. The van der Waals surface area contributed by atoms with E-state index in [2.05, 4.69) is 45.7 Å². The van der Waals surface area contributed by atoms with Gasteiger partial charge in [-0.2, -0.15) is 4.31 Å². The number of hydrogen-bond acceptors (Lipinski definition) is 2. The zero-order valence-corrected chi connectivity index (χ0v) is 15.7. The summed E-state index contributed by atoms with van der Waals surface area (Å²) in [4.78, 5) is 0.351. The topological polar surface area (TPSA) is 37.4 Å². The van der Waals surface area contributed by atoms with E-state index in [0.29, 0.717) is 22.5 Å². The average Bonchev–Trinajstić information content (AvgIpc) is 2.84. The lowest BCUT2D eigenvalue weighted by Gasteiger charge is -2.26. The number of halogens is 2. The molecular formula is C14H19Br2NO2S. The molecule has 6 heteroatoms. The second kappa shape index (κ2) is 6.07. The Morgan fingerprint density at radius 1 is 1.25 bits per heavy atom. The smallest absolute Gasteiger partial charge is 0.207 e. The van der Waals surface area contributed by atoms with Crippen LogP contribution in [0.1, 0.15) is 33.1 Å². The Morgan fingerprint density at radius 2 is 1.90 bits per heavy atom. The summed E-state index contributed by atoms with van der Waals surface area (Å²) in [6, 6.07) is 5.19. The molecule has 1 aromatic carbocycles. The van der Waals surface area contributed by atoms with E-state index in [-0.39, 0.29) is 5.41 Å². The molecule has 2 rings (SSSR count). The zero-order chi connectivity index (χ0) is 15.0. The fraction of sp³-hybridized carbons (Fsp3) is 0.571. The third-order valence-electron chi connectivity index (χ3n) is 4.42. The highest BCUT2D eigenvalue weighted by Gasteiger charge is 2.41. The Balaban J connectivity index is 2.33. The predicted molar refractivity (Wildman–Crippen MR) is 88.2 cm³/mol. The summed E-state index contributed by atoms with van der Waals surface area (Å²) >= 11 is 6.71. The van der Waals surface area contributed by atoms with Gasteiger partial charge in [0, 0.05) is 22.0 Å². The summed E-state index contributed by atoms with van der Waals surface area (Å²) in [6.45, 7) is 5.54. The first-order chi connectivity index (χ1) is 9.34. The van der Waals surface area contributed by atoms with Crippen molar-refractivity contribution in [3.63, 3.8) is 0 Å². The van der Waals surface area contributed by atoms with E-state index in [1.54, 1.807) is 22.5 Å². The maximum Gasteiger partial charge on any atom is 0.244 e. The summed E-state index contributed by atoms with van der Waals surface area (Å²) in [6.07, 6.45) is 3.00. The Morgan fingerprint density at radius 3 is 2.40 bits per heavy atom. The van der Waals surface area contributed by atoms with Crippen molar-refractivity contribution in [2.24, 2.45) is 5.41 Å². The maximum atomic E-state index is 12.8. The van der Waals surface area contributed by atoms with Crippen LogP contribution in [0, 0.1) is 5.41 Å². The van der Waals surface area contributed by atoms with Crippen LogP contribution in [0.3, 0.4) is 0 Å². The molecule has 0 spiro atoms. The highest BCUT2D eigenvalue weighted by molar-refractivity contribution is 9.11. The highest BCUT2D eigenvalue weighted by Crippen LogP contribution is 2.40. The van der Waals surface area contributed by atoms with Gasteiger partial charge in [-0.05, 0) is 58.8 Å². The van der Waals surface area contributed by atoms with Crippen molar-refractivity contribution in [3.05, 3.63) is 27.1 Å². The average molecular weight is 425 g/mol. The van der Waals surface area contributed by atoms with Crippen LogP contribution in [0.5, 0.6) is 0 Å². The van der Waals surface area contributed by atoms with Gasteiger partial charge in [-0.1, -0.05) is 29.8 Å². The molecular weight excluding hydrogens is 406 g/mol. The highest BCUT2D eigenvalue weighted by atomic mass is 79.9. The van der Waals surface area contributed by atoms with Gasteiger partial charge < -0.3 is 0 Å². The van der Waals surface area contributed by atoms with Gasteiger partial charge in [0.25, 0.3) is 0 Å². The van der Waals surface area contributed by atoms with Crippen molar-refractivity contribution < 1.29 is 8.42 Å². The number of benzene rings is 1. The molecule has 0 saturated carbocycles.